The van der Waals surface area contributed by atoms with Gasteiger partial charge in [-0.3, -0.25) is 0 Å². The molecule has 1 aromatic heterocycles. The molecule has 1 aliphatic rings. The molecule has 2 atom stereocenters. The van der Waals surface area contributed by atoms with Crippen LogP contribution in [0.2, 0.25) is 0 Å². The van der Waals surface area contributed by atoms with Crippen LogP contribution >= 0.6 is 0 Å². The van der Waals surface area contributed by atoms with Gasteiger partial charge in [0.2, 0.25) is 0 Å². The standard InChI is InChI=1S/C10H15N3O2/c1-15-9-6-13(5-8(9)14)10-3-2-7(11)4-12-10/h2-4,8-9,14H,5-6,11H2,1H3/t8-,9-/m0/s1. The summed E-state index contributed by atoms with van der Waals surface area (Å²) in [6.45, 7) is 1.21. The number of methoxy groups -OCH3 is 1. The smallest absolute Gasteiger partial charge is 0.128 e. The van der Waals surface area contributed by atoms with Gasteiger partial charge >= 0.3 is 0 Å². The van der Waals surface area contributed by atoms with E-state index in [0.717, 1.165) is 5.82 Å². The van der Waals surface area contributed by atoms with Crippen molar-refractivity contribution >= 4 is 11.5 Å². The van der Waals surface area contributed by atoms with E-state index in [-0.39, 0.29) is 6.10 Å². The summed E-state index contributed by atoms with van der Waals surface area (Å²) in [6.07, 6.45) is 1.03. The summed E-state index contributed by atoms with van der Waals surface area (Å²) in [6, 6.07) is 3.65. The van der Waals surface area contributed by atoms with E-state index < -0.39 is 6.10 Å². The summed E-state index contributed by atoms with van der Waals surface area (Å²) in [5.41, 5.74) is 6.19. The van der Waals surface area contributed by atoms with Gasteiger partial charge in [0.05, 0.1) is 18.0 Å². The van der Waals surface area contributed by atoms with Crippen LogP contribution in [0.5, 0.6) is 0 Å². The molecule has 0 aromatic carbocycles. The zero-order chi connectivity index (χ0) is 10.8. The number of aliphatic hydroxyl groups excluding tert-OH is 1. The molecule has 1 fully saturated rings. The first-order chi connectivity index (χ1) is 7.20. The number of ether oxygens (including phenoxy) is 1. The number of pyridine rings is 1. The normalized spacial score (nSPS) is 25.9. The Labute approximate surface area is 88.5 Å². The fourth-order valence-electron chi connectivity index (χ4n) is 1.76. The average Bonchev–Trinajstić information content (AvgIpc) is 2.61. The van der Waals surface area contributed by atoms with Crippen molar-refractivity contribution in [3.8, 4) is 0 Å². The molecule has 0 bridgehead atoms. The van der Waals surface area contributed by atoms with Crippen molar-refractivity contribution in [2.24, 2.45) is 0 Å². The van der Waals surface area contributed by atoms with Crippen molar-refractivity contribution in [2.75, 3.05) is 30.8 Å². The first-order valence-electron chi connectivity index (χ1n) is 4.88. The molecule has 15 heavy (non-hydrogen) atoms. The number of nitrogen functional groups attached to an aromatic ring is 1. The van der Waals surface area contributed by atoms with E-state index in [1.807, 2.05) is 11.0 Å². The second-order valence-corrected chi connectivity index (χ2v) is 3.70. The van der Waals surface area contributed by atoms with Crippen LogP contribution in [0.25, 0.3) is 0 Å². The lowest BCUT2D eigenvalue weighted by molar-refractivity contribution is 0.0217. The molecule has 1 saturated heterocycles. The predicted molar refractivity (Wildman–Crippen MR) is 57.7 cm³/mol. The van der Waals surface area contributed by atoms with Crippen LogP contribution in [-0.2, 0) is 4.74 Å². The molecule has 2 heterocycles. The van der Waals surface area contributed by atoms with Crippen molar-refractivity contribution in [2.45, 2.75) is 12.2 Å². The maximum atomic E-state index is 9.66. The number of anilines is 2. The second kappa shape index (κ2) is 4.04. The molecule has 0 spiro atoms. The van der Waals surface area contributed by atoms with E-state index in [1.54, 1.807) is 19.4 Å². The van der Waals surface area contributed by atoms with E-state index in [4.69, 9.17) is 10.5 Å². The molecular weight excluding hydrogens is 194 g/mol. The lowest BCUT2D eigenvalue weighted by Crippen LogP contribution is -2.25. The molecule has 3 N–H and O–H groups in total. The van der Waals surface area contributed by atoms with Crippen molar-refractivity contribution in [3.05, 3.63) is 18.3 Å². The van der Waals surface area contributed by atoms with Gasteiger partial charge in [-0.2, -0.15) is 0 Å². The zero-order valence-electron chi connectivity index (χ0n) is 8.63. The summed E-state index contributed by atoms with van der Waals surface area (Å²) < 4.78 is 5.15. The van der Waals surface area contributed by atoms with E-state index in [0.29, 0.717) is 18.8 Å². The maximum Gasteiger partial charge on any atom is 0.128 e. The van der Waals surface area contributed by atoms with E-state index in [1.165, 1.54) is 0 Å². The number of nitrogens with zero attached hydrogens (tertiary/aromatic N) is 2. The van der Waals surface area contributed by atoms with Gasteiger partial charge in [0.15, 0.2) is 0 Å². The summed E-state index contributed by atoms with van der Waals surface area (Å²) >= 11 is 0. The van der Waals surface area contributed by atoms with Crippen molar-refractivity contribution in [3.63, 3.8) is 0 Å². The zero-order valence-corrected chi connectivity index (χ0v) is 8.63. The monoisotopic (exact) mass is 209 g/mol. The number of aliphatic hydroxyl groups is 1. The van der Waals surface area contributed by atoms with Crippen LogP contribution in [0.4, 0.5) is 11.5 Å². The molecular formula is C10H15N3O2. The van der Waals surface area contributed by atoms with Gasteiger partial charge in [-0.15, -0.1) is 0 Å². The van der Waals surface area contributed by atoms with Crippen LogP contribution < -0.4 is 10.6 Å². The van der Waals surface area contributed by atoms with Gasteiger partial charge in [-0.1, -0.05) is 0 Å². The molecule has 2 rings (SSSR count). The minimum atomic E-state index is -0.450. The minimum absolute atomic E-state index is 0.135. The molecule has 5 heteroatoms. The third-order valence-corrected chi connectivity index (χ3v) is 2.63. The number of rotatable bonds is 2. The molecule has 5 nitrogen and oxygen atoms in total. The van der Waals surface area contributed by atoms with Gasteiger partial charge in [-0.05, 0) is 12.1 Å². The Hall–Kier alpha value is -1.33. The Morgan fingerprint density at radius 3 is 2.87 bits per heavy atom. The third-order valence-electron chi connectivity index (χ3n) is 2.63. The highest BCUT2D eigenvalue weighted by Gasteiger charge is 2.31. The maximum absolute atomic E-state index is 9.66. The summed E-state index contributed by atoms with van der Waals surface area (Å²) in [4.78, 5) is 6.18. The topological polar surface area (TPSA) is 71.6 Å². The Morgan fingerprint density at radius 1 is 1.53 bits per heavy atom. The van der Waals surface area contributed by atoms with Gasteiger partial charge in [0.25, 0.3) is 0 Å². The molecule has 0 amide bonds. The lowest BCUT2D eigenvalue weighted by Gasteiger charge is -2.16. The molecule has 0 radical (unpaired) electrons. The van der Waals surface area contributed by atoms with Crippen LogP contribution in [-0.4, -0.2) is 42.5 Å². The van der Waals surface area contributed by atoms with Gasteiger partial charge in [0, 0.05) is 20.2 Å². The van der Waals surface area contributed by atoms with Crippen LogP contribution in [0, 0.1) is 0 Å². The Kier molecular flexibility index (Phi) is 2.75. The Morgan fingerprint density at radius 2 is 2.33 bits per heavy atom. The lowest BCUT2D eigenvalue weighted by atomic mass is 10.3. The summed E-state index contributed by atoms with van der Waals surface area (Å²) in [7, 11) is 1.60. The molecule has 0 aliphatic carbocycles. The molecule has 1 aromatic rings. The van der Waals surface area contributed by atoms with Crippen LogP contribution in [0.3, 0.4) is 0 Å². The molecule has 0 unspecified atom stereocenters. The number of hydrogen-bond donors (Lipinski definition) is 2. The van der Waals surface area contributed by atoms with Gasteiger partial charge < -0.3 is 20.5 Å². The van der Waals surface area contributed by atoms with E-state index >= 15 is 0 Å². The quantitative estimate of drug-likeness (QED) is 0.709. The minimum Gasteiger partial charge on any atom is -0.397 e. The third kappa shape index (κ3) is 2.03. The number of aromatic nitrogens is 1. The number of β-amino-alcohol motifs (C(OH)–C–C–N with tert-alkyl or cyclic N) is 1. The number of hydrogen-bond acceptors (Lipinski definition) is 5. The fraction of sp³-hybridized carbons (Fsp3) is 0.500. The first kappa shape index (κ1) is 10.2. The first-order valence-corrected chi connectivity index (χ1v) is 4.88. The highest BCUT2D eigenvalue weighted by Crippen LogP contribution is 2.20. The van der Waals surface area contributed by atoms with Gasteiger partial charge in [0.1, 0.15) is 11.9 Å². The predicted octanol–water partition coefficient (Wildman–Crippen LogP) is -0.140. The molecule has 1 aliphatic heterocycles. The Bertz CT molecular complexity index is 328. The van der Waals surface area contributed by atoms with Crippen LogP contribution in [0.1, 0.15) is 0 Å². The second-order valence-electron chi connectivity index (χ2n) is 3.70. The van der Waals surface area contributed by atoms with Gasteiger partial charge in [-0.25, -0.2) is 4.98 Å². The number of nitrogens with two attached hydrogens (primary N) is 1. The summed E-state index contributed by atoms with van der Waals surface area (Å²) in [5, 5.41) is 9.66. The fourth-order valence-corrected chi connectivity index (χ4v) is 1.76. The largest absolute Gasteiger partial charge is 0.397 e. The highest BCUT2D eigenvalue weighted by atomic mass is 16.5. The Balaban J connectivity index is 2.10. The van der Waals surface area contributed by atoms with Crippen molar-refractivity contribution in [1.82, 2.24) is 4.98 Å². The summed E-state index contributed by atoms with van der Waals surface area (Å²) in [5.74, 6) is 0.822. The van der Waals surface area contributed by atoms with Crippen molar-refractivity contribution < 1.29 is 9.84 Å². The SMILES string of the molecule is CO[C@H]1CN(c2ccc(N)cn2)C[C@@H]1O. The van der Waals surface area contributed by atoms with E-state index in [2.05, 4.69) is 4.98 Å². The molecule has 82 valence electrons. The van der Waals surface area contributed by atoms with Crippen LogP contribution in [0.15, 0.2) is 18.3 Å². The van der Waals surface area contributed by atoms with E-state index in [9.17, 15) is 5.11 Å². The average molecular weight is 209 g/mol. The van der Waals surface area contributed by atoms with Crippen molar-refractivity contribution in [1.29, 1.82) is 0 Å². The highest BCUT2D eigenvalue weighted by molar-refractivity contribution is 5.46. The molecule has 0 saturated carbocycles.